The number of amides is 1. The summed E-state index contributed by atoms with van der Waals surface area (Å²) in [5, 5.41) is 11.8. The van der Waals surface area contributed by atoms with Crippen LogP contribution in [0.3, 0.4) is 0 Å². The topological polar surface area (TPSA) is 78.9 Å². The predicted molar refractivity (Wildman–Crippen MR) is 132 cm³/mol. The Kier molecular flexibility index (Phi) is 12.0. The van der Waals surface area contributed by atoms with Crippen molar-refractivity contribution in [3.8, 4) is 16.9 Å². The first-order valence-corrected chi connectivity index (χ1v) is 11.9. The Morgan fingerprint density at radius 1 is 0.879 bits per heavy atom. The number of hydrogen-bond donors (Lipinski definition) is 2. The summed E-state index contributed by atoms with van der Waals surface area (Å²) >= 11 is 0. The second-order valence-corrected chi connectivity index (χ2v) is 8.73. The number of nitrogens with one attached hydrogen (secondary N) is 1. The SMILES string of the molecule is CN(C)C[C@@H](CC(=O)O)NC(=O)CCCCCCCCOc1ccc(-c2ccccc2)cc1. The van der Waals surface area contributed by atoms with Crippen LogP contribution in [0.25, 0.3) is 11.1 Å². The summed E-state index contributed by atoms with van der Waals surface area (Å²) in [5.74, 6) is -0.0544. The highest BCUT2D eigenvalue weighted by Crippen LogP contribution is 2.22. The summed E-state index contributed by atoms with van der Waals surface area (Å²) in [6.45, 7) is 1.24. The molecule has 2 aromatic carbocycles. The van der Waals surface area contributed by atoms with Gasteiger partial charge in [-0.2, -0.15) is 0 Å². The van der Waals surface area contributed by atoms with Gasteiger partial charge in [0.15, 0.2) is 0 Å². The molecule has 0 radical (unpaired) electrons. The maximum absolute atomic E-state index is 12.1. The van der Waals surface area contributed by atoms with Crippen LogP contribution in [0.2, 0.25) is 0 Å². The average molecular weight is 455 g/mol. The van der Waals surface area contributed by atoms with E-state index >= 15 is 0 Å². The zero-order valence-electron chi connectivity index (χ0n) is 20.0. The molecule has 0 fully saturated rings. The van der Waals surface area contributed by atoms with Crippen LogP contribution < -0.4 is 10.1 Å². The molecular formula is C27H38N2O4. The lowest BCUT2D eigenvalue weighted by Gasteiger charge is -2.20. The molecule has 0 aliphatic carbocycles. The van der Waals surface area contributed by atoms with Gasteiger partial charge in [0.25, 0.3) is 0 Å². The lowest BCUT2D eigenvalue weighted by Crippen LogP contribution is -2.42. The molecule has 0 unspecified atom stereocenters. The predicted octanol–water partition coefficient (Wildman–Crippen LogP) is 4.98. The van der Waals surface area contributed by atoms with E-state index < -0.39 is 5.97 Å². The highest BCUT2D eigenvalue weighted by Gasteiger charge is 2.16. The Hall–Kier alpha value is -2.86. The van der Waals surface area contributed by atoms with Crippen LogP contribution in [-0.2, 0) is 9.59 Å². The van der Waals surface area contributed by atoms with Crippen molar-refractivity contribution < 1.29 is 19.4 Å². The number of ether oxygens (including phenoxy) is 1. The minimum absolute atomic E-state index is 0.0524. The summed E-state index contributed by atoms with van der Waals surface area (Å²) in [4.78, 5) is 24.9. The molecule has 0 bridgehead atoms. The smallest absolute Gasteiger partial charge is 0.305 e. The van der Waals surface area contributed by atoms with Gasteiger partial charge in [-0.05, 0) is 50.2 Å². The average Bonchev–Trinajstić information content (AvgIpc) is 2.78. The minimum atomic E-state index is -0.893. The Labute approximate surface area is 198 Å². The van der Waals surface area contributed by atoms with E-state index in [1.807, 2.05) is 49.3 Å². The van der Waals surface area contributed by atoms with Crippen molar-refractivity contribution in [2.24, 2.45) is 0 Å². The molecule has 33 heavy (non-hydrogen) atoms. The van der Waals surface area contributed by atoms with Crippen molar-refractivity contribution in [2.45, 2.75) is 57.4 Å². The van der Waals surface area contributed by atoms with Gasteiger partial charge in [0.2, 0.25) is 5.91 Å². The number of nitrogens with zero attached hydrogens (tertiary/aromatic N) is 1. The summed E-state index contributed by atoms with van der Waals surface area (Å²) in [7, 11) is 3.74. The van der Waals surface area contributed by atoms with Crippen molar-refractivity contribution in [1.29, 1.82) is 0 Å². The van der Waals surface area contributed by atoms with Crippen LogP contribution in [0.5, 0.6) is 5.75 Å². The number of carbonyl (C=O) groups excluding carboxylic acids is 1. The van der Waals surface area contributed by atoms with Gasteiger partial charge in [0.1, 0.15) is 5.75 Å². The number of carboxylic acids is 1. The molecule has 6 nitrogen and oxygen atoms in total. The van der Waals surface area contributed by atoms with E-state index in [2.05, 4.69) is 29.6 Å². The van der Waals surface area contributed by atoms with E-state index in [1.54, 1.807) is 0 Å². The summed E-state index contributed by atoms with van der Waals surface area (Å²) < 4.78 is 5.85. The number of carbonyl (C=O) groups is 2. The molecule has 0 aliphatic heterocycles. The Morgan fingerprint density at radius 3 is 2.12 bits per heavy atom. The van der Waals surface area contributed by atoms with Crippen LogP contribution in [0, 0.1) is 0 Å². The molecule has 180 valence electrons. The maximum Gasteiger partial charge on any atom is 0.305 e. The summed E-state index contributed by atoms with van der Waals surface area (Å²) in [6.07, 6.45) is 6.58. The van der Waals surface area contributed by atoms with Crippen molar-refractivity contribution in [1.82, 2.24) is 10.2 Å². The fourth-order valence-corrected chi connectivity index (χ4v) is 3.77. The molecule has 1 amide bonds. The van der Waals surface area contributed by atoms with Crippen LogP contribution in [-0.4, -0.2) is 55.2 Å². The first-order valence-electron chi connectivity index (χ1n) is 11.9. The van der Waals surface area contributed by atoms with Gasteiger partial charge < -0.3 is 20.1 Å². The summed E-state index contributed by atoms with van der Waals surface area (Å²) in [6, 6.07) is 18.2. The normalized spacial score (nSPS) is 11.8. The van der Waals surface area contributed by atoms with E-state index in [9.17, 15) is 9.59 Å². The zero-order chi connectivity index (χ0) is 23.9. The van der Waals surface area contributed by atoms with Crippen molar-refractivity contribution in [2.75, 3.05) is 27.2 Å². The molecule has 0 saturated heterocycles. The van der Waals surface area contributed by atoms with Crippen molar-refractivity contribution in [3.05, 3.63) is 54.6 Å². The lowest BCUT2D eigenvalue weighted by molar-refractivity contribution is -0.137. The monoisotopic (exact) mass is 454 g/mol. The van der Waals surface area contributed by atoms with Gasteiger partial charge in [-0.1, -0.05) is 68.1 Å². The highest BCUT2D eigenvalue weighted by atomic mass is 16.5. The number of benzene rings is 2. The third kappa shape index (κ3) is 11.5. The van der Waals surface area contributed by atoms with Gasteiger partial charge in [-0.3, -0.25) is 9.59 Å². The number of carboxylic acid groups (broad SMARTS) is 1. The molecular weight excluding hydrogens is 416 g/mol. The fraction of sp³-hybridized carbons (Fsp3) is 0.481. The van der Waals surface area contributed by atoms with Crippen molar-refractivity contribution >= 4 is 11.9 Å². The highest BCUT2D eigenvalue weighted by molar-refractivity contribution is 5.77. The third-order valence-corrected chi connectivity index (χ3v) is 5.40. The van der Waals surface area contributed by atoms with E-state index in [0.29, 0.717) is 19.6 Å². The largest absolute Gasteiger partial charge is 0.494 e. The fourth-order valence-electron chi connectivity index (χ4n) is 3.77. The number of aliphatic carboxylic acids is 1. The Bertz CT molecular complexity index is 822. The van der Waals surface area contributed by atoms with Gasteiger partial charge >= 0.3 is 5.97 Å². The van der Waals surface area contributed by atoms with E-state index in [-0.39, 0.29) is 18.4 Å². The van der Waals surface area contributed by atoms with Crippen LogP contribution in [0.4, 0.5) is 0 Å². The number of likely N-dealkylation sites (N-methyl/N-ethyl adjacent to an activating group) is 1. The first kappa shape index (κ1) is 26.4. The van der Waals surface area contributed by atoms with Gasteiger partial charge in [0, 0.05) is 13.0 Å². The number of rotatable bonds is 16. The Balaban J connectivity index is 1.50. The van der Waals surface area contributed by atoms with Gasteiger partial charge in [-0.15, -0.1) is 0 Å². The summed E-state index contributed by atoms with van der Waals surface area (Å²) in [5.41, 5.74) is 2.39. The van der Waals surface area contributed by atoms with Gasteiger partial charge in [-0.25, -0.2) is 0 Å². The quantitative estimate of drug-likeness (QED) is 0.350. The van der Waals surface area contributed by atoms with Crippen LogP contribution in [0.15, 0.2) is 54.6 Å². The minimum Gasteiger partial charge on any atom is -0.494 e. The molecule has 0 aromatic heterocycles. The molecule has 0 saturated carbocycles. The van der Waals surface area contributed by atoms with Crippen molar-refractivity contribution in [3.63, 3.8) is 0 Å². The maximum atomic E-state index is 12.1. The molecule has 1 atom stereocenters. The second-order valence-electron chi connectivity index (χ2n) is 8.73. The molecule has 2 rings (SSSR count). The molecule has 0 heterocycles. The number of hydrogen-bond acceptors (Lipinski definition) is 4. The van der Waals surface area contributed by atoms with Crippen LogP contribution >= 0.6 is 0 Å². The van der Waals surface area contributed by atoms with E-state index in [4.69, 9.17) is 9.84 Å². The first-order chi connectivity index (χ1) is 15.9. The lowest BCUT2D eigenvalue weighted by atomic mass is 10.1. The standard InChI is InChI=1S/C27H38N2O4/c1-29(2)21-24(20-27(31)32)28-26(30)14-10-5-3-4-6-11-19-33-25-17-15-23(16-18-25)22-12-8-7-9-13-22/h7-9,12-13,15-18,24H,3-6,10-11,14,19-21H2,1-2H3,(H,28,30)(H,31,32)/t24-/m1/s1. The van der Waals surface area contributed by atoms with E-state index in [1.165, 1.54) is 11.1 Å². The van der Waals surface area contributed by atoms with E-state index in [0.717, 1.165) is 44.3 Å². The van der Waals surface area contributed by atoms with Gasteiger partial charge in [0.05, 0.1) is 19.1 Å². The number of unbranched alkanes of at least 4 members (excludes halogenated alkanes) is 5. The molecule has 0 aliphatic rings. The second kappa shape index (κ2) is 15.1. The molecule has 2 N–H and O–H groups in total. The molecule has 6 heteroatoms. The molecule has 2 aromatic rings. The van der Waals surface area contributed by atoms with Crippen LogP contribution in [0.1, 0.15) is 51.4 Å². The third-order valence-electron chi connectivity index (χ3n) is 5.40. The zero-order valence-corrected chi connectivity index (χ0v) is 20.0. The molecule has 0 spiro atoms. The Morgan fingerprint density at radius 2 is 1.48 bits per heavy atom.